The first-order valence-corrected chi connectivity index (χ1v) is 8.29. The molecule has 2 atom stereocenters. The molecule has 0 aromatic heterocycles. The number of carbonyl (C=O) groups excluding carboxylic acids is 2. The third-order valence-corrected chi connectivity index (χ3v) is 5.22. The van der Waals surface area contributed by atoms with Gasteiger partial charge in [-0.2, -0.15) is 0 Å². The van der Waals surface area contributed by atoms with Crippen LogP contribution in [0.5, 0.6) is 0 Å². The number of benzene rings is 1. The lowest BCUT2D eigenvalue weighted by Gasteiger charge is -2.37. The van der Waals surface area contributed by atoms with Crippen LogP contribution >= 0.6 is 11.6 Å². The van der Waals surface area contributed by atoms with Crippen LogP contribution in [0.25, 0.3) is 0 Å². The van der Waals surface area contributed by atoms with Crippen molar-refractivity contribution >= 4 is 23.4 Å². The molecule has 1 heterocycles. The summed E-state index contributed by atoms with van der Waals surface area (Å²) < 4.78 is 0. The molecule has 124 valence electrons. The van der Waals surface area contributed by atoms with Crippen molar-refractivity contribution in [2.45, 2.75) is 37.3 Å². The first-order valence-electron chi connectivity index (χ1n) is 7.91. The van der Waals surface area contributed by atoms with E-state index in [-0.39, 0.29) is 30.8 Å². The van der Waals surface area contributed by atoms with Crippen molar-refractivity contribution in [1.82, 2.24) is 10.2 Å². The number of hydrogen-bond acceptors (Lipinski definition) is 3. The number of aliphatic hydroxyl groups is 1. The number of amides is 2. The van der Waals surface area contributed by atoms with Gasteiger partial charge in [0.15, 0.2) is 0 Å². The van der Waals surface area contributed by atoms with Crippen LogP contribution in [0.3, 0.4) is 0 Å². The molecule has 2 fully saturated rings. The van der Waals surface area contributed by atoms with Gasteiger partial charge >= 0.3 is 0 Å². The van der Waals surface area contributed by atoms with Crippen LogP contribution in [0.1, 0.15) is 37.3 Å². The van der Waals surface area contributed by atoms with Crippen LogP contribution in [0, 0.1) is 5.92 Å². The van der Waals surface area contributed by atoms with Gasteiger partial charge in [0.05, 0.1) is 17.6 Å². The summed E-state index contributed by atoms with van der Waals surface area (Å²) in [5.41, 5.74) is 0.0868. The summed E-state index contributed by atoms with van der Waals surface area (Å²) >= 11 is 6.05. The summed E-state index contributed by atoms with van der Waals surface area (Å²) in [4.78, 5) is 26.3. The van der Waals surface area contributed by atoms with E-state index in [0.717, 1.165) is 12.0 Å². The Morgan fingerprint density at radius 1 is 1.48 bits per heavy atom. The van der Waals surface area contributed by atoms with Gasteiger partial charge in [0, 0.05) is 25.0 Å². The lowest BCUT2D eigenvalue weighted by molar-refractivity contribution is -0.129. The molecule has 2 aliphatic rings. The Bertz CT molecular complexity index is 630. The van der Waals surface area contributed by atoms with Crippen molar-refractivity contribution in [3.63, 3.8) is 0 Å². The van der Waals surface area contributed by atoms with E-state index < -0.39 is 11.5 Å². The Labute approximate surface area is 140 Å². The van der Waals surface area contributed by atoms with Crippen LogP contribution in [-0.2, 0) is 9.59 Å². The number of rotatable bonds is 4. The highest BCUT2D eigenvalue weighted by molar-refractivity contribution is 6.30. The van der Waals surface area contributed by atoms with Crippen LogP contribution in [0.4, 0.5) is 0 Å². The number of nitrogens with one attached hydrogen (secondary N) is 1. The summed E-state index contributed by atoms with van der Waals surface area (Å²) in [5.74, 6) is -0.708. The first kappa shape index (κ1) is 16.3. The van der Waals surface area contributed by atoms with Crippen LogP contribution < -0.4 is 5.32 Å². The van der Waals surface area contributed by atoms with Gasteiger partial charge < -0.3 is 15.3 Å². The minimum atomic E-state index is -0.768. The fourth-order valence-electron chi connectivity index (χ4n) is 3.40. The monoisotopic (exact) mass is 336 g/mol. The number of likely N-dealkylation sites (tertiary alicyclic amines) is 1. The molecule has 1 aromatic carbocycles. The van der Waals surface area contributed by atoms with Crippen molar-refractivity contribution < 1.29 is 14.7 Å². The molecule has 2 amide bonds. The highest BCUT2D eigenvalue weighted by atomic mass is 35.5. The third kappa shape index (κ3) is 3.21. The van der Waals surface area contributed by atoms with Gasteiger partial charge in [0.25, 0.3) is 0 Å². The van der Waals surface area contributed by atoms with Gasteiger partial charge in [0.1, 0.15) is 0 Å². The van der Waals surface area contributed by atoms with Gasteiger partial charge in [0.2, 0.25) is 11.8 Å². The normalized spacial score (nSPS) is 26.0. The predicted octanol–water partition coefficient (Wildman–Crippen LogP) is 1.89. The molecule has 0 spiro atoms. The topological polar surface area (TPSA) is 69.6 Å². The zero-order valence-electron chi connectivity index (χ0n) is 13.1. The minimum Gasteiger partial charge on any atom is -0.388 e. The van der Waals surface area contributed by atoms with E-state index in [2.05, 4.69) is 5.32 Å². The molecule has 5 nitrogen and oxygen atoms in total. The Hall–Kier alpha value is -1.59. The van der Waals surface area contributed by atoms with Gasteiger partial charge in [-0.05, 0) is 37.0 Å². The molecule has 3 rings (SSSR count). The molecule has 1 saturated carbocycles. The van der Waals surface area contributed by atoms with Crippen molar-refractivity contribution in [3.8, 4) is 0 Å². The quantitative estimate of drug-likeness (QED) is 0.882. The summed E-state index contributed by atoms with van der Waals surface area (Å²) in [7, 11) is 1.71. The number of hydrogen-bond donors (Lipinski definition) is 2. The molecule has 2 N–H and O–H groups in total. The van der Waals surface area contributed by atoms with E-state index in [4.69, 9.17) is 11.6 Å². The Morgan fingerprint density at radius 3 is 2.83 bits per heavy atom. The second-order valence-electron chi connectivity index (χ2n) is 6.61. The second-order valence-corrected chi connectivity index (χ2v) is 7.05. The average molecular weight is 337 g/mol. The van der Waals surface area contributed by atoms with E-state index in [0.29, 0.717) is 17.9 Å². The predicted molar refractivity (Wildman–Crippen MR) is 86.9 cm³/mol. The second kappa shape index (κ2) is 6.13. The maximum atomic E-state index is 12.6. The molecule has 6 heteroatoms. The molecule has 2 unspecified atom stereocenters. The van der Waals surface area contributed by atoms with Crippen molar-refractivity contribution in [2.24, 2.45) is 5.92 Å². The number of halogens is 1. The Balaban J connectivity index is 1.76. The first-order chi connectivity index (χ1) is 10.9. The Kier molecular flexibility index (Phi) is 4.34. The number of carbonyl (C=O) groups is 2. The summed E-state index contributed by atoms with van der Waals surface area (Å²) in [6.45, 7) is 0.252. The molecule has 1 saturated heterocycles. The van der Waals surface area contributed by atoms with Gasteiger partial charge in [-0.25, -0.2) is 0 Å². The fourth-order valence-corrected chi connectivity index (χ4v) is 3.59. The van der Waals surface area contributed by atoms with Gasteiger partial charge in [-0.1, -0.05) is 23.7 Å². The van der Waals surface area contributed by atoms with E-state index in [9.17, 15) is 14.7 Å². The van der Waals surface area contributed by atoms with E-state index in [1.165, 1.54) is 0 Å². The molecular formula is C17H21ClN2O3. The molecule has 0 bridgehead atoms. The largest absolute Gasteiger partial charge is 0.388 e. The molecule has 23 heavy (non-hydrogen) atoms. The maximum Gasteiger partial charge on any atom is 0.226 e. The van der Waals surface area contributed by atoms with E-state index in [1.807, 2.05) is 12.1 Å². The minimum absolute atomic E-state index is 0.0579. The number of nitrogens with zero attached hydrogens (tertiary/aromatic N) is 1. The summed E-state index contributed by atoms with van der Waals surface area (Å²) in [6, 6.07) is 6.94. The lowest BCUT2D eigenvalue weighted by atomic mass is 9.80. The maximum absolute atomic E-state index is 12.6. The van der Waals surface area contributed by atoms with Crippen molar-refractivity contribution in [3.05, 3.63) is 34.9 Å². The SMILES string of the molecule is CN1C(=O)CC(C(=O)NCC2(O)CCC2)C1c1cccc(Cl)c1. The zero-order valence-corrected chi connectivity index (χ0v) is 13.8. The van der Waals surface area contributed by atoms with Gasteiger partial charge in [-0.3, -0.25) is 9.59 Å². The van der Waals surface area contributed by atoms with Crippen LogP contribution in [0.2, 0.25) is 5.02 Å². The van der Waals surface area contributed by atoms with E-state index >= 15 is 0 Å². The smallest absolute Gasteiger partial charge is 0.226 e. The third-order valence-electron chi connectivity index (χ3n) is 4.99. The van der Waals surface area contributed by atoms with Crippen molar-refractivity contribution in [2.75, 3.05) is 13.6 Å². The summed E-state index contributed by atoms with van der Waals surface area (Å²) in [5, 5.41) is 13.5. The molecule has 1 aromatic rings. The molecular weight excluding hydrogens is 316 g/mol. The van der Waals surface area contributed by atoms with Crippen LogP contribution in [-0.4, -0.2) is 41.0 Å². The highest BCUT2D eigenvalue weighted by Gasteiger charge is 2.43. The fraction of sp³-hybridized carbons (Fsp3) is 0.529. The van der Waals surface area contributed by atoms with Crippen molar-refractivity contribution in [1.29, 1.82) is 0 Å². The Morgan fingerprint density at radius 2 is 2.22 bits per heavy atom. The standard InChI is InChI=1S/C17H21ClN2O3/c1-20-14(21)9-13(15(20)11-4-2-5-12(18)8-11)16(22)19-10-17(23)6-3-7-17/h2,4-5,8,13,15,23H,3,6-7,9-10H2,1H3,(H,19,22). The van der Waals surface area contributed by atoms with Crippen LogP contribution in [0.15, 0.2) is 24.3 Å². The zero-order chi connectivity index (χ0) is 16.6. The molecule has 1 aliphatic carbocycles. The summed E-state index contributed by atoms with van der Waals surface area (Å²) in [6.07, 6.45) is 2.60. The molecule has 0 radical (unpaired) electrons. The highest BCUT2D eigenvalue weighted by Crippen LogP contribution is 2.38. The van der Waals surface area contributed by atoms with Gasteiger partial charge in [-0.15, -0.1) is 0 Å². The molecule has 1 aliphatic heterocycles. The van der Waals surface area contributed by atoms with E-state index in [1.54, 1.807) is 24.1 Å². The lowest BCUT2D eigenvalue weighted by Crippen LogP contribution is -2.49. The average Bonchev–Trinajstić information content (AvgIpc) is 2.79.